The summed E-state index contributed by atoms with van der Waals surface area (Å²) >= 11 is 6.47. The Bertz CT molecular complexity index is 1130. The molecule has 1 aliphatic heterocycles. The summed E-state index contributed by atoms with van der Waals surface area (Å²) in [7, 11) is 0. The number of amides is 2. The molecule has 0 bridgehead atoms. The molecule has 3 aromatic rings. The molecule has 4 rings (SSSR count). The van der Waals surface area contributed by atoms with Crippen molar-refractivity contribution in [1.29, 1.82) is 0 Å². The number of nitrogens with zero attached hydrogens (tertiary/aromatic N) is 3. The number of halogens is 2. The highest BCUT2D eigenvalue weighted by Crippen LogP contribution is 2.40. The Kier molecular flexibility index (Phi) is 3.85. The number of carbonyl (C=O) groups excluding carboxylic acids is 2. The molecule has 9 heteroatoms. The monoisotopic (exact) mass is 475 g/mol. The van der Waals surface area contributed by atoms with Gasteiger partial charge in [-0.1, -0.05) is 12.1 Å². The van der Waals surface area contributed by atoms with Crippen LogP contribution in [0.4, 0.5) is 11.5 Å². The second kappa shape index (κ2) is 5.96. The van der Waals surface area contributed by atoms with E-state index in [0.717, 1.165) is 4.90 Å². The number of anilines is 1. The van der Waals surface area contributed by atoms with Crippen molar-refractivity contribution in [2.75, 3.05) is 4.90 Å². The highest BCUT2D eigenvalue weighted by molar-refractivity contribution is 9.11. The summed E-state index contributed by atoms with van der Waals surface area (Å²) < 4.78 is 0.930. The number of rotatable bonds is 2. The van der Waals surface area contributed by atoms with Crippen LogP contribution in [0.15, 0.2) is 51.5 Å². The lowest BCUT2D eigenvalue weighted by atomic mass is 9.93. The Balaban J connectivity index is 2.03. The van der Waals surface area contributed by atoms with E-state index in [9.17, 15) is 19.7 Å². The zero-order chi connectivity index (χ0) is 18.6. The summed E-state index contributed by atoms with van der Waals surface area (Å²) in [6.07, 6.45) is 1.47. The minimum atomic E-state index is -0.649. The Morgan fingerprint density at radius 2 is 1.77 bits per heavy atom. The third-order valence-corrected chi connectivity index (χ3v) is 5.38. The third-order valence-electron chi connectivity index (χ3n) is 4.08. The highest BCUT2D eigenvalue weighted by Gasteiger charge is 2.37. The summed E-state index contributed by atoms with van der Waals surface area (Å²) in [5.41, 5.74) is 0.142. The molecular weight excluding hydrogens is 470 g/mol. The van der Waals surface area contributed by atoms with Crippen molar-refractivity contribution in [2.45, 2.75) is 0 Å². The van der Waals surface area contributed by atoms with Crippen molar-refractivity contribution >= 4 is 66.0 Å². The molecule has 0 unspecified atom stereocenters. The van der Waals surface area contributed by atoms with Crippen molar-refractivity contribution < 1.29 is 14.5 Å². The second-order valence-corrected chi connectivity index (χ2v) is 7.23. The number of aromatic nitrogens is 1. The molecule has 0 spiro atoms. The molecule has 0 atom stereocenters. The van der Waals surface area contributed by atoms with Gasteiger partial charge in [0.2, 0.25) is 0 Å². The first-order chi connectivity index (χ1) is 12.4. The van der Waals surface area contributed by atoms with Crippen LogP contribution in [0.1, 0.15) is 20.7 Å². The molecule has 2 heterocycles. The summed E-state index contributed by atoms with van der Waals surface area (Å²) in [6.45, 7) is 0. The molecule has 26 heavy (non-hydrogen) atoms. The lowest BCUT2D eigenvalue weighted by Crippen LogP contribution is -2.41. The van der Waals surface area contributed by atoms with Gasteiger partial charge in [-0.05, 0) is 50.1 Å². The Morgan fingerprint density at radius 1 is 1.04 bits per heavy atom. The number of carbonyl (C=O) groups is 2. The quantitative estimate of drug-likeness (QED) is 0.309. The number of hydrogen-bond donors (Lipinski definition) is 0. The predicted octanol–water partition coefficient (Wildman–Crippen LogP) is 4.47. The van der Waals surface area contributed by atoms with E-state index in [1.807, 2.05) is 0 Å². The molecule has 0 aliphatic carbocycles. The lowest BCUT2D eigenvalue weighted by Gasteiger charge is -2.26. The number of imide groups is 1. The van der Waals surface area contributed by atoms with Crippen LogP contribution >= 0.6 is 31.9 Å². The fourth-order valence-electron chi connectivity index (χ4n) is 2.96. The van der Waals surface area contributed by atoms with Crippen LogP contribution in [0.5, 0.6) is 0 Å². The van der Waals surface area contributed by atoms with Crippen molar-refractivity contribution in [1.82, 2.24) is 4.98 Å². The van der Waals surface area contributed by atoms with E-state index in [1.165, 1.54) is 18.3 Å². The predicted molar refractivity (Wildman–Crippen MR) is 101 cm³/mol. The van der Waals surface area contributed by atoms with Crippen molar-refractivity contribution in [3.8, 4) is 0 Å². The third kappa shape index (κ3) is 2.35. The van der Waals surface area contributed by atoms with Gasteiger partial charge in [0.05, 0.1) is 10.5 Å². The van der Waals surface area contributed by atoms with Crippen molar-refractivity contribution in [3.63, 3.8) is 0 Å². The SMILES string of the molecule is O=C1c2cccc3c(Br)c([N+](=O)[O-])cc(c23)C(=O)N1c1ccc(Br)cn1. The van der Waals surface area contributed by atoms with E-state index in [1.54, 1.807) is 24.3 Å². The van der Waals surface area contributed by atoms with E-state index in [4.69, 9.17) is 0 Å². The molecule has 2 amide bonds. The van der Waals surface area contributed by atoms with E-state index in [-0.39, 0.29) is 27.1 Å². The fraction of sp³-hybridized carbons (Fsp3) is 0. The Morgan fingerprint density at radius 3 is 2.42 bits per heavy atom. The van der Waals surface area contributed by atoms with E-state index in [0.29, 0.717) is 15.2 Å². The maximum absolute atomic E-state index is 13.0. The van der Waals surface area contributed by atoms with Crippen LogP contribution in [0, 0.1) is 10.1 Å². The van der Waals surface area contributed by atoms with Crippen molar-refractivity contribution in [3.05, 3.63) is 72.8 Å². The van der Waals surface area contributed by atoms with Gasteiger partial charge in [-0.2, -0.15) is 0 Å². The van der Waals surface area contributed by atoms with E-state index in [2.05, 4.69) is 36.8 Å². The molecule has 7 nitrogen and oxygen atoms in total. The van der Waals surface area contributed by atoms with Crippen LogP contribution in [0.3, 0.4) is 0 Å². The number of nitro groups is 1. The molecule has 0 N–H and O–H groups in total. The maximum Gasteiger partial charge on any atom is 0.284 e. The lowest BCUT2D eigenvalue weighted by molar-refractivity contribution is -0.385. The van der Waals surface area contributed by atoms with Gasteiger partial charge in [0.25, 0.3) is 17.5 Å². The Labute approximate surface area is 163 Å². The zero-order valence-electron chi connectivity index (χ0n) is 12.8. The van der Waals surface area contributed by atoms with Gasteiger partial charge in [-0.25, -0.2) is 9.88 Å². The summed E-state index contributed by atoms with van der Waals surface area (Å²) in [5.74, 6) is -1.02. The largest absolute Gasteiger partial charge is 0.284 e. The number of pyridine rings is 1. The number of benzene rings is 2. The van der Waals surface area contributed by atoms with Gasteiger partial charge in [-0.15, -0.1) is 0 Å². The number of nitro benzene ring substituents is 1. The second-order valence-electron chi connectivity index (χ2n) is 5.52. The fourth-order valence-corrected chi connectivity index (χ4v) is 3.78. The minimum Gasteiger partial charge on any atom is -0.268 e. The molecular formula is C17H7Br2N3O4. The topological polar surface area (TPSA) is 93.4 Å². The molecule has 128 valence electrons. The zero-order valence-corrected chi connectivity index (χ0v) is 15.9. The average Bonchev–Trinajstić information content (AvgIpc) is 2.62. The first-order valence-corrected chi connectivity index (χ1v) is 8.88. The van der Waals surface area contributed by atoms with Gasteiger partial charge in [0.1, 0.15) is 10.3 Å². The molecule has 0 saturated heterocycles. The van der Waals surface area contributed by atoms with Gasteiger partial charge >= 0.3 is 0 Å². The number of hydrogen-bond acceptors (Lipinski definition) is 5. The first kappa shape index (κ1) is 16.8. The molecule has 1 aliphatic rings. The van der Waals surface area contributed by atoms with Crippen LogP contribution in [0.25, 0.3) is 10.8 Å². The summed E-state index contributed by atoms with van der Waals surface area (Å²) in [6, 6.07) is 9.22. The maximum atomic E-state index is 13.0. The van der Waals surface area contributed by atoms with Crippen LogP contribution < -0.4 is 4.90 Å². The molecule has 2 aromatic carbocycles. The van der Waals surface area contributed by atoms with Crippen LogP contribution in [-0.2, 0) is 0 Å². The van der Waals surface area contributed by atoms with Gasteiger partial charge in [0, 0.05) is 33.1 Å². The first-order valence-electron chi connectivity index (χ1n) is 7.30. The molecule has 0 saturated carbocycles. The normalized spacial score (nSPS) is 13.4. The van der Waals surface area contributed by atoms with Crippen LogP contribution in [0.2, 0.25) is 0 Å². The van der Waals surface area contributed by atoms with Crippen molar-refractivity contribution in [2.24, 2.45) is 0 Å². The van der Waals surface area contributed by atoms with E-state index < -0.39 is 16.7 Å². The van der Waals surface area contributed by atoms with Gasteiger partial charge in [0.15, 0.2) is 0 Å². The van der Waals surface area contributed by atoms with E-state index >= 15 is 0 Å². The Hall–Kier alpha value is -2.65. The summed E-state index contributed by atoms with van der Waals surface area (Å²) in [4.78, 5) is 41.8. The smallest absolute Gasteiger partial charge is 0.268 e. The standard InChI is InChI=1S/C17H7Br2N3O4/c18-8-4-5-13(20-7-8)21-16(23)10-3-1-2-9-14(10)11(17(21)24)6-12(15(9)19)22(25)26/h1-7H. The highest BCUT2D eigenvalue weighted by atomic mass is 79.9. The molecule has 0 fully saturated rings. The van der Waals surface area contributed by atoms with Gasteiger partial charge in [-0.3, -0.25) is 19.7 Å². The average molecular weight is 477 g/mol. The summed E-state index contributed by atoms with van der Waals surface area (Å²) in [5, 5.41) is 12.2. The molecule has 0 radical (unpaired) electrons. The van der Waals surface area contributed by atoms with Gasteiger partial charge < -0.3 is 0 Å². The molecule has 1 aromatic heterocycles. The van der Waals surface area contributed by atoms with Crippen LogP contribution in [-0.4, -0.2) is 21.7 Å². The minimum absolute atomic E-state index is 0.0924.